The summed E-state index contributed by atoms with van der Waals surface area (Å²) in [6, 6.07) is 3.53. The van der Waals surface area contributed by atoms with Gasteiger partial charge in [0.2, 0.25) is 5.13 Å². The van der Waals surface area contributed by atoms with E-state index >= 15 is 0 Å². The molecule has 2 amide bonds. The Hall–Kier alpha value is -2.19. The van der Waals surface area contributed by atoms with E-state index in [0.717, 1.165) is 11.3 Å². The van der Waals surface area contributed by atoms with Gasteiger partial charge in [-0.15, -0.1) is 10.2 Å². The molecule has 0 aliphatic heterocycles. The summed E-state index contributed by atoms with van der Waals surface area (Å²) in [7, 11) is 0. The van der Waals surface area contributed by atoms with E-state index in [4.69, 9.17) is 16.7 Å². The predicted molar refractivity (Wildman–Crippen MR) is 71.0 cm³/mol. The lowest BCUT2D eigenvalue weighted by Gasteiger charge is -2.08. The Bertz CT molecular complexity index is 617. The van der Waals surface area contributed by atoms with Gasteiger partial charge in [0.25, 0.3) is 0 Å². The number of carbonyl (C=O) groups excluding carboxylic acids is 1. The van der Waals surface area contributed by atoms with Crippen LogP contribution < -0.4 is 10.6 Å². The van der Waals surface area contributed by atoms with Gasteiger partial charge >= 0.3 is 12.0 Å². The molecule has 0 saturated carbocycles. The summed E-state index contributed by atoms with van der Waals surface area (Å²) in [5.74, 6) is -1.19. The molecule has 0 spiro atoms. The van der Waals surface area contributed by atoms with E-state index in [9.17, 15) is 9.59 Å². The zero-order valence-corrected chi connectivity index (χ0v) is 10.8. The zero-order valence-electron chi connectivity index (χ0n) is 9.25. The summed E-state index contributed by atoms with van der Waals surface area (Å²) in [6.45, 7) is 0. The Kier molecular flexibility index (Phi) is 3.93. The number of carbonyl (C=O) groups is 2. The van der Waals surface area contributed by atoms with Crippen molar-refractivity contribution in [1.29, 1.82) is 0 Å². The molecule has 0 aliphatic carbocycles. The fourth-order valence-corrected chi connectivity index (χ4v) is 1.89. The van der Waals surface area contributed by atoms with Gasteiger partial charge in [-0.25, -0.2) is 9.59 Å². The number of carboxylic acid groups (broad SMARTS) is 1. The molecule has 98 valence electrons. The van der Waals surface area contributed by atoms with Crippen LogP contribution in [0.25, 0.3) is 0 Å². The van der Waals surface area contributed by atoms with Crippen molar-refractivity contribution in [3.63, 3.8) is 0 Å². The van der Waals surface area contributed by atoms with Gasteiger partial charge in [-0.05, 0) is 18.2 Å². The molecule has 3 N–H and O–H groups in total. The van der Waals surface area contributed by atoms with E-state index in [2.05, 4.69) is 20.8 Å². The van der Waals surface area contributed by atoms with Crippen molar-refractivity contribution < 1.29 is 14.7 Å². The van der Waals surface area contributed by atoms with Gasteiger partial charge in [0, 0.05) is 5.02 Å². The summed E-state index contributed by atoms with van der Waals surface area (Å²) < 4.78 is 0. The van der Waals surface area contributed by atoms with Crippen molar-refractivity contribution in [2.45, 2.75) is 0 Å². The van der Waals surface area contributed by atoms with Crippen molar-refractivity contribution in [2.75, 3.05) is 10.6 Å². The molecule has 2 aromatic rings. The van der Waals surface area contributed by atoms with E-state index in [1.165, 1.54) is 23.7 Å². The van der Waals surface area contributed by atoms with E-state index in [1.54, 1.807) is 0 Å². The number of carboxylic acids is 1. The quantitative estimate of drug-likeness (QED) is 0.807. The number of nitrogens with one attached hydrogen (secondary N) is 2. The smallest absolute Gasteiger partial charge is 0.337 e. The molecule has 1 aromatic heterocycles. The highest BCUT2D eigenvalue weighted by molar-refractivity contribution is 7.13. The maximum absolute atomic E-state index is 11.6. The van der Waals surface area contributed by atoms with Crippen LogP contribution in [0.3, 0.4) is 0 Å². The SMILES string of the molecule is O=C(Nc1nncs1)Nc1ccc(Cl)cc1C(=O)O. The van der Waals surface area contributed by atoms with Gasteiger partial charge in [-0.3, -0.25) is 5.32 Å². The summed E-state index contributed by atoms with van der Waals surface area (Å²) in [6.07, 6.45) is 0. The monoisotopic (exact) mass is 298 g/mol. The molecule has 2 rings (SSSR count). The number of anilines is 2. The molecular formula is C10H7ClN4O3S. The van der Waals surface area contributed by atoms with Crippen molar-refractivity contribution in [3.8, 4) is 0 Å². The minimum absolute atomic E-state index is 0.0973. The minimum Gasteiger partial charge on any atom is -0.478 e. The molecule has 19 heavy (non-hydrogen) atoms. The topological polar surface area (TPSA) is 104 Å². The summed E-state index contributed by atoms with van der Waals surface area (Å²) >= 11 is 6.85. The van der Waals surface area contributed by atoms with Crippen LogP contribution in [0.5, 0.6) is 0 Å². The molecule has 1 heterocycles. The van der Waals surface area contributed by atoms with Gasteiger partial charge in [-0.2, -0.15) is 0 Å². The summed E-state index contributed by atoms with van der Waals surface area (Å²) in [5, 5.41) is 21.6. The van der Waals surface area contributed by atoms with Crippen LogP contribution in [0.4, 0.5) is 15.6 Å². The lowest BCUT2D eigenvalue weighted by atomic mass is 10.2. The molecule has 0 atom stereocenters. The van der Waals surface area contributed by atoms with E-state index in [-0.39, 0.29) is 16.3 Å². The molecule has 0 bridgehead atoms. The normalized spacial score (nSPS) is 9.95. The lowest BCUT2D eigenvalue weighted by Crippen LogP contribution is -2.20. The van der Waals surface area contributed by atoms with Crippen LogP contribution in [0.15, 0.2) is 23.7 Å². The Labute approximate surface area is 116 Å². The highest BCUT2D eigenvalue weighted by atomic mass is 35.5. The number of benzene rings is 1. The van der Waals surface area contributed by atoms with Crippen LogP contribution in [0.1, 0.15) is 10.4 Å². The standard InChI is InChI=1S/C10H7ClN4O3S/c11-5-1-2-7(6(3-5)8(16)17)13-9(18)14-10-15-12-4-19-10/h1-4H,(H,16,17)(H2,13,14,15,18). The highest BCUT2D eigenvalue weighted by Gasteiger charge is 2.13. The van der Waals surface area contributed by atoms with Crippen LogP contribution in [-0.2, 0) is 0 Å². The second-order valence-corrected chi connectivity index (χ2v) is 4.59. The summed E-state index contributed by atoms with van der Waals surface area (Å²) in [4.78, 5) is 22.7. The first kappa shape index (κ1) is 13.2. The highest BCUT2D eigenvalue weighted by Crippen LogP contribution is 2.21. The number of aromatic nitrogens is 2. The molecule has 0 aliphatic rings. The number of aromatic carboxylic acids is 1. The maximum atomic E-state index is 11.6. The Balaban J connectivity index is 2.14. The van der Waals surface area contributed by atoms with Crippen molar-refractivity contribution in [3.05, 3.63) is 34.3 Å². The van der Waals surface area contributed by atoms with Gasteiger partial charge in [0.1, 0.15) is 5.51 Å². The molecule has 9 heteroatoms. The number of nitrogens with zero attached hydrogens (tertiary/aromatic N) is 2. The number of halogens is 1. The second-order valence-electron chi connectivity index (χ2n) is 3.32. The number of hydrogen-bond acceptors (Lipinski definition) is 5. The Morgan fingerprint density at radius 2 is 2.11 bits per heavy atom. The fourth-order valence-electron chi connectivity index (χ4n) is 1.28. The van der Waals surface area contributed by atoms with Gasteiger partial charge in [0.15, 0.2) is 0 Å². The van der Waals surface area contributed by atoms with Crippen molar-refractivity contribution in [2.24, 2.45) is 0 Å². The van der Waals surface area contributed by atoms with E-state index in [0.29, 0.717) is 5.13 Å². The molecule has 0 radical (unpaired) electrons. The maximum Gasteiger partial charge on any atom is 0.337 e. The van der Waals surface area contributed by atoms with Crippen LogP contribution >= 0.6 is 22.9 Å². The van der Waals surface area contributed by atoms with Crippen LogP contribution in [-0.4, -0.2) is 27.3 Å². The van der Waals surface area contributed by atoms with E-state index in [1.807, 2.05) is 0 Å². The van der Waals surface area contributed by atoms with Crippen LogP contribution in [0, 0.1) is 0 Å². The molecular weight excluding hydrogens is 292 g/mol. The Morgan fingerprint density at radius 3 is 2.74 bits per heavy atom. The third kappa shape index (κ3) is 3.39. The first-order valence-corrected chi connectivity index (χ1v) is 6.19. The zero-order chi connectivity index (χ0) is 13.8. The van der Waals surface area contributed by atoms with Gasteiger partial charge < -0.3 is 10.4 Å². The fraction of sp³-hybridized carbons (Fsp3) is 0. The molecule has 1 aromatic carbocycles. The van der Waals surface area contributed by atoms with E-state index < -0.39 is 12.0 Å². The molecule has 0 unspecified atom stereocenters. The largest absolute Gasteiger partial charge is 0.478 e. The average Bonchev–Trinajstić information content (AvgIpc) is 2.83. The third-order valence-electron chi connectivity index (χ3n) is 2.04. The molecule has 0 saturated heterocycles. The Morgan fingerprint density at radius 1 is 1.32 bits per heavy atom. The number of urea groups is 1. The predicted octanol–water partition coefficient (Wildman–Crippen LogP) is 2.53. The average molecular weight is 299 g/mol. The molecule has 0 fully saturated rings. The molecule has 7 nitrogen and oxygen atoms in total. The third-order valence-corrected chi connectivity index (χ3v) is 2.88. The van der Waals surface area contributed by atoms with Crippen molar-refractivity contribution >= 4 is 45.8 Å². The number of amides is 2. The van der Waals surface area contributed by atoms with Crippen molar-refractivity contribution in [1.82, 2.24) is 10.2 Å². The van der Waals surface area contributed by atoms with Gasteiger partial charge in [-0.1, -0.05) is 22.9 Å². The van der Waals surface area contributed by atoms with Gasteiger partial charge in [0.05, 0.1) is 11.3 Å². The first-order valence-electron chi connectivity index (χ1n) is 4.93. The lowest BCUT2D eigenvalue weighted by molar-refractivity contribution is 0.0698. The number of hydrogen-bond donors (Lipinski definition) is 3. The first-order chi connectivity index (χ1) is 9.06. The number of rotatable bonds is 3. The summed E-state index contributed by atoms with van der Waals surface area (Å²) in [5.41, 5.74) is 1.50. The van der Waals surface area contributed by atoms with Crippen LogP contribution in [0.2, 0.25) is 5.02 Å². The second kappa shape index (κ2) is 5.63. The minimum atomic E-state index is -1.19.